The summed E-state index contributed by atoms with van der Waals surface area (Å²) in [6, 6.07) is 8.13. The number of rotatable bonds is 3. The summed E-state index contributed by atoms with van der Waals surface area (Å²) in [5.74, 6) is 0. The summed E-state index contributed by atoms with van der Waals surface area (Å²) in [5.41, 5.74) is 1.15. The van der Waals surface area contributed by atoms with Gasteiger partial charge >= 0.3 is 0 Å². The van der Waals surface area contributed by atoms with E-state index in [4.69, 9.17) is 4.74 Å². The van der Waals surface area contributed by atoms with E-state index in [9.17, 15) is 5.11 Å². The van der Waals surface area contributed by atoms with E-state index < -0.39 is 0 Å². The van der Waals surface area contributed by atoms with Gasteiger partial charge in [-0.3, -0.25) is 4.90 Å². The van der Waals surface area contributed by atoms with Crippen LogP contribution in [0.4, 0.5) is 0 Å². The van der Waals surface area contributed by atoms with Crippen molar-refractivity contribution in [3.63, 3.8) is 0 Å². The third-order valence-electron chi connectivity index (χ3n) is 2.92. The van der Waals surface area contributed by atoms with Gasteiger partial charge in [-0.25, -0.2) is 0 Å². The Kier molecular flexibility index (Phi) is 4.35. The highest BCUT2D eigenvalue weighted by atomic mass is 79.9. The van der Waals surface area contributed by atoms with E-state index in [1.807, 2.05) is 18.2 Å². The molecule has 0 amide bonds. The molecule has 1 atom stereocenters. The van der Waals surface area contributed by atoms with Crippen LogP contribution in [0.1, 0.15) is 11.6 Å². The molecule has 1 heterocycles. The standard InChI is InChI=1S/C12H16BrNO2/c13-11-4-2-1-3-10(11)12(9-15)14-5-7-16-8-6-14/h1-4,12,15H,5-9H2. The predicted octanol–water partition coefficient (Wildman–Crippen LogP) is 1.81. The second kappa shape index (κ2) is 5.77. The fourth-order valence-electron chi connectivity index (χ4n) is 2.04. The lowest BCUT2D eigenvalue weighted by Crippen LogP contribution is -2.40. The Morgan fingerprint density at radius 3 is 2.62 bits per heavy atom. The minimum atomic E-state index is 0.0690. The van der Waals surface area contributed by atoms with Crippen LogP contribution in [0.3, 0.4) is 0 Å². The second-order valence-electron chi connectivity index (χ2n) is 3.87. The van der Waals surface area contributed by atoms with Crippen LogP contribution in [0.2, 0.25) is 0 Å². The van der Waals surface area contributed by atoms with E-state index >= 15 is 0 Å². The highest BCUT2D eigenvalue weighted by Gasteiger charge is 2.23. The molecule has 1 aromatic carbocycles. The first-order valence-electron chi connectivity index (χ1n) is 5.50. The van der Waals surface area contributed by atoms with Gasteiger partial charge in [-0.2, -0.15) is 0 Å². The van der Waals surface area contributed by atoms with Crippen molar-refractivity contribution in [2.24, 2.45) is 0 Å². The first-order valence-corrected chi connectivity index (χ1v) is 6.29. The number of aliphatic hydroxyl groups is 1. The molecule has 1 aliphatic heterocycles. The van der Waals surface area contributed by atoms with Gasteiger partial charge in [-0.15, -0.1) is 0 Å². The Hall–Kier alpha value is -0.420. The Bertz CT molecular complexity index is 340. The Labute approximate surface area is 104 Å². The maximum atomic E-state index is 9.55. The van der Waals surface area contributed by atoms with Gasteiger partial charge < -0.3 is 9.84 Å². The SMILES string of the molecule is OCC(c1ccccc1Br)N1CCOCC1. The van der Waals surface area contributed by atoms with E-state index in [0.717, 1.165) is 36.3 Å². The summed E-state index contributed by atoms with van der Waals surface area (Å²) in [6.07, 6.45) is 0. The lowest BCUT2D eigenvalue weighted by molar-refractivity contribution is 0.00242. The topological polar surface area (TPSA) is 32.7 Å². The molecule has 0 aliphatic carbocycles. The first kappa shape index (κ1) is 12.0. The van der Waals surface area contributed by atoms with Gasteiger partial charge in [0.15, 0.2) is 0 Å². The molecule has 3 nitrogen and oxygen atoms in total. The van der Waals surface area contributed by atoms with Crippen molar-refractivity contribution in [1.82, 2.24) is 4.90 Å². The Morgan fingerprint density at radius 2 is 2.00 bits per heavy atom. The van der Waals surface area contributed by atoms with Crippen LogP contribution in [-0.2, 0) is 4.74 Å². The number of halogens is 1. The summed E-state index contributed by atoms with van der Waals surface area (Å²) < 4.78 is 6.38. The number of hydrogen-bond donors (Lipinski definition) is 1. The number of benzene rings is 1. The van der Waals surface area contributed by atoms with Crippen LogP contribution in [0.5, 0.6) is 0 Å². The molecule has 0 saturated carbocycles. The molecule has 0 aromatic heterocycles. The smallest absolute Gasteiger partial charge is 0.0629 e. The molecule has 1 unspecified atom stereocenters. The van der Waals surface area contributed by atoms with Crippen molar-refractivity contribution < 1.29 is 9.84 Å². The average molecular weight is 286 g/mol. The van der Waals surface area contributed by atoms with Crippen LogP contribution in [0.25, 0.3) is 0 Å². The minimum absolute atomic E-state index is 0.0690. The average Bonchev–Trinajstić information content (AvgIpc) is 2.34. The highest BCUT2D eigenvalue weighted by Crippen LogP contribution is 2.27. The minimum Gasteiger partial charge on any atom is -0.394 e. The number of ether oxygens (including phenoxy) is 1. The van der Waals surface area contributed by atoms with Gasteiger partial charge in [0.1, 0.15) is 0 Å². The Morgan fingerprint density at radius 1 is 1.31 bits per heavy atom. The fourth-order valence-corrected chi connectivity index (χ4v) is 2.59. The van der Waals surface area contributed by atoms with E-state index in [-0.39, 0.29) is 12.6 Å². The number of aliphatic hydroxyl groups excluding tert-OH is 1. The lowest BCUT2D eigenvalue weighted by Gasteiger charge is -2.34. The zero-order valence-corrected chi connectivity index (χ0v) is 10.7. The quantitative estimate of drug-likeness (QED) is 0.920. The fraction of sp³-hybridized carbons (Fsp3) is 0.500. The zero-order chi connectivity index (χ0) is 11.4. The van der Waals surface area contributed by atoms with Crippen LogP contribution >= 0.6 is 15.9 Å². The molecule has 0 radical (unpaired) electrons. The lowest BCUT2D eigenvalue weighted by atomic mass is 10.1. The summed E-state index contributed by atoms with van der Waals surface area (Å²) in [6.45, 7) is 3.41. The number of morpholine rings is 1. The monoisotopic (exact) mass is 285 g/mol. The van der Waals surface area contributed by atoms with Crippen molar-refractivity contribution in [2.45, 2.75) is 6.04 Å². The van der Waals surface area contributed by atoms with Crippen LogP contribution in [0.15, 0.2) is 28.7 Å². The van der Waals surface area contributed by atoms with E-state index in [1.165, 1.54) is 0 Å². The third kappa shape index (κ3) is 2.63. The van der Waals surface area contributed by atoms with Crippen molar-refractivity contribution in [3.05, 3.63) is 34.3 Å². The molecule has 1 fully saturated rings. The second-order valence-corrected chi connectivity index (χ2v) is 4.72. The zero-order valence-electron chi connectivity index (χ0n) is 9.10. The third-order valence-corrected chi connectivity index (χ3v) is 3.65. The molecule has 1 aliphatic rings. The van der Waals surface area contributed by atoms with E-state index in [2.05, 4.69) is 26.9 Å². The maximum absolute atomic E-state index is 9.55. The van der Waals surface area contributed by atoms with Crippen LogP contribution in [0, 0.1) is 0 Å². The van der Waals surface area contributed by atoms with E-state index in [0.29, 0.717) is 0 Å². The summed E-state index contributed by atoms with van der Waals surface area (Å²) in [4.78, 5) is 2.27. The molecular formula is C12H16BrNO2. The van der Waals surface area contributed by atoms with Crippen LogP contribution in [-0.4, -0.2) is 42.9 Å². The highest BCUT2D eigenvalue weighted by molar-refractivity contribution is 9.10. The molecule has 88 valence electrons. The maximum Gasteiger partial charge on any atom is 0.0629 e. The van der Waals surface area contributed by atoms with Crippen molar-refractivity contribution >= 4 is 15.9 Å². The molecule has 1 saturated heterocycles. The first-order chi connectivity index (χ1) is 7.83. The number of hydrogen-bond acceptors (Lipinski definition) is 3. The molecule has 16 heavy (non-hydrogen) atoms. The van der Waals surface area contributed by atoms with E-state index in [1.54, 1.807) is 0 Å². The van der Waals surface area contributed by atoms with Gasteiger partial charge in [0, 0.05) is 17.6 Å². The summed E-state index contributed by atoms with van der Waals surface area (Å²) in [7, 11) is 0. The van der Waals surface area contributed by atoms with Gasteiger partial charge in [-0.1, -0.05) is 34.1 Å². The van der Waals surface area contributed by atoms with Crippen molar-refractivity contribution in [3.8, 4) is 0 Å². The van der Waals surface area contributed by atoms with Gasteiger partial charge in [0.25, 0.3) is 0 Å². The normalized spacial score (nSPS) is 19.6. The van der Waals surface area contributed by atoms with Gasteiger partial charge in [0.05, 0.1) is 25.9 Å². The van der Waals surface area contributed by atoms with Gasteiger partial charge in [0.2, 0.25) is 0 Å². The molecule has 2 rings (SSSR count). The number of nitrogens with zero attached hydrogens (tertiary/aromatic N) is 1. The van der Waals surface area contributed by atoms with Crippen molar-refractivity contribution in [1.29, 1.82) is 0 Å². The van der Waals surface area contributed by atoms with Crippen molar-refractivity contribution in [2.75, 3.05) is 32.9 Å². The summed E-state index contributed by atoms with van der Waals surface area (Å²) >= 11 is 3.54. The molecule has 0 bridgehead atoms. The Balaban J connectivity index is 2.18. The molecule has 0 spiro atoms. The molecule has 1 N–H and O–H groups in total. The largest absolute Gasteiger partial charge is 0.394 e. The molecular weight excluding hydrogens is 270 g/mol. The summed E-state index contributed by atoms with van der Waals surface area (Å²) in [5, 5.41) is 9.55. The van der Waals surface area contributed by atoms with Gasteiger partial charge in [-0.05, 0) is 11.6 Å². The molecule has 4 heteroatoms. The predicted molar refractivity (Wildman–Crippen MR) is 66.4 cm³/mol. The van der Waals surface area contributed by atoms with Crippen LogP contribution < -0.4 is 0 Å². The molecule has 1 aromatic rings.